The van der Waals surface area contributed by atoms with Crippen LogP contribution in [-0.4, -0.2) is 50.8 Å². The second-order valence-corrected chi connectivity index (χ2v) is 5.35. The number of thiazole rings is 1. The highest BCUT2D eigenvalue weighted by Crippen LogP contribution is 2.18. The van der Waals surface area contributed by atoms with Crippen LogP contribution >= 0.6 is 11.3 Å². The van der Waals surface area contributed by atoms with Gasteiger partial charge in [-0.1, -0.05) is 0 Å². The lowest BCUT2D eigenvalue weighted by Crippen LogP contribution is -2.45. The normalized spacial score (nSPS) is 22.5. The lowest BCUT2D eigenvalue weighted by molar-refractivity contribution is -0.141. The van der Waals surface area contributed by atoms with Gasteiger partial charge in [0.15, 0.2) is 0 Å². The number of carbonyl (C=O) groups excluding carboxylic acids is 1. The minimum Gasteiger partial charge on any atom is -0.480 e. The molecule has 0 bridgehead atoms. The van der Waals surface area contributed by atoms with Gasteiger partial charge in [-0.15, -0.1) is 11.3 Å². The first kappa shape index (κ1) is 13.8. The number of urea groups is 1. The number of rotatable bonds is 3. The molecule has 1 unspecified atom stereocenters. The van der Waals surface area contributed by atoms with E-state index in [1.807, 2.05) is 6.92 Å². The van der Waals surface area contributed by atoms with E-state index in [1.54, 1.807) is 5.51 Å². The molecule has 0 aromatic carbocycles. The van der Waals surface area contributed by atoms with Crippen molar-refractivity contribution in [2.24, 2.45) is 0 Å². The van der Waals surface area contributed by atoms with Gasteiger partial charge in [-0.05, 0) is 6.92 Å². The Morgan fingerprint density at radius 2 is 2.37 bits per heavy atom. The van der Waals surface area contributed by atoms with Gasteiger partial charge in [0.2, 0.25) is 0 Å². The molecule has 0 aliphatic carbocycles. The van der Waals surface area contributed by atoms with E-state index >= 15 is 0 Å². The number of nitrogens with one attached hydrogen (secondary N) is 1. The predicted octanol–water partition coefficient (Wildman–Crippen LogP) is 0.181. The number of hydrogen-bond acceptors (Lipinski definition) is 5. The van der Waals surface area contributed by atoms with E-state index in [1.165, 1.54) is 11.3 Å². The monoisotopic (exact) mass is 285 g/mol. The Labute approximate surface area is 113 Å². The van der Waals surface area contributed by atoms with Crippen molar-refractivity contribution in [2.45, 2.75) is 32.0 Å². The lowest BCUT2D eigenvalue weighted by Gasteiger charge is -2.21. The maximum absolute atomic E-state index is 11.9. The molecule has 19 heavy (non-hydrogen) atoms. The van der Waals surface area contributed by atoms with Crippen LogP contribution in [0.3, 0.4) is 0 Å². The van der Waals surface area contributed by atoms with Gasteiger partial charge in [0.05, 0.1) is 23.9 Å². The molecule has 2 amide bonds. The maximum atomic E-state index is 11.9. The molecule has 0 saturated carbocycles. The van der Waals surface area contributed by atoms with Crippen LogP contribution in [-0.2, 0) is 11.3 Å². The number of nitrogens with zero attached hydrogens (tertiary/aromatic N) is 2. The Hall–Kier alpha value is -1.67. The number of aryl methyl sites for hydroxylation is 1. The Balaban J connectivity index is 1.96. The quantitative estimate of drug-likeness (QED) is 0.735. The number of aliphatic hydroxyl groups is 1. The molecular formula is C11H15N3O4S. The van der Waals surface area contributed by atoms with Gasteiger partial charge in [-0.2, -0.15) is 0 Å². The summed E-state index contributed by atoms with van der Waals surface area (Å²) < 4.78 is 0. The van der Waals surface area contributed by atoms with Gasteiger partial charge in [0.1, 0.15) is 6.04 Å². The average molecular weight is 285 g/mol. The van der Waals surface area contributed by atoms with E-state index in [4.69, 9.17) is 5.11 Å². The summed E-state index contributed by atoms with van der Waals surface area (Å²) in [7, 11) is 0. The molecule has 1 aliphatic rings. The third kappa shape index (κ3) is 3.02. The third-order valence-electron chi connectivity index (χ3n) is 3.07. The van der Waals surface area contributed by atoms with Gasteiger partial charge >= 0.3 is 12.0 Å². The lowest BCUT2D eigenvalue weighted by atomic mass is 10.2. The van der Waals surface area contributed by atoms with Crippen molar-refractivity contribution in [3.8, 4) is 0 Å². The number of carboxylic acid groups (broad SMARTS) is 1. The van der Waals surface area contributed by atoms with Crippen LogP contribution in [0.2, 0.25) is 0 Å². The number of likely N-dealkylation sites (tertiary alicyclic amines) is 1. The fourth-order valence-electron chi connectivity index (χ4n) is 2.03. The topological polar surface area (TPSA) is 103 Å². The Kier molecular flexibility index (Phi) is 4.01. The molecule has 7 nitrogen and oxygen atoms in total. The first-order chi connectivity index (χ1) is 8.99. The molecule has 0 radical (unpaired) electrons. The number of carboxylic acids is 1. The SMILES string of the molecule is Cc1ncsc1CNC(=O)N1CC(O)C[C@H]1C(=O)O. The zero-order valence-electron chi connectivity index (χ0n) is 10.4. The molecule has 1 aromatic rings. The third-order valence-corrected chi connectivity index (χ3v) is 4.01. The van der Waals surface area contributed by atoms with Gasteiger partial charge in [-0.25, -0.2) is 14.6 Å². The first-order valence-electron chi connectivity index (χ1n) is 5.83. The number of β-amino-alcohol motifs (C(OH)–C–C–N with tert-alkyl or cyclic N) is 1. The maximum Gasteiger partial charge on any atom is 0.326 e. The van der Waals surface area contributed by atoms with Crippen LogP contribution in [0.1, 0.15) is 17.0 Å². The van der Waals surface area contributed by atoms with E-state index in [0.29, 0.717) is 6.54 Å². The number of carbonyl (C=O) groups is 2. The van der Waals surface area contributed by atoms with Crippen molar-refractivity contribution < 1.29 is 19.8 Å². The zero-order valence-corrected chi connectivity index (χ0v) is 11.2. The van der Waals surface area contributed by atoms with Crippen LogP contribution in [0.5, 0.6) is 0 Å². The number of hydrogen-bond donors (Lipinski definition) is 3. The van der Waals surface area contributed by atoms with Gasteiger partial charge in [-0.3, -0.25) is 0 Å². The summed E-state index contributed by atoms with van der Waals surface area (Å²) >= 11 is 1.43. The molecule has 2 rings (SSSR count). The molecule has 2 atom stereocenters. The summed E-state index contributed by atoms with van der Waals surface area (Å²) in [5.74, 6) is -1.10. The highest BCUT2D eigenvalue weighted by Gasteiger charge is 2.38. The molecule has 1 saturated heterocycles. The standard InChI is InChI=1S/C11H15N3O4S/c1-6-9(19-5-13-6)3-12-11(18)14-4-7(15)2-8(14)10(16)17/h5,7-8,15H,2-4H2,1H3,(H,12,18)(H,16,17)/t7?,8-/m0/s1. The Bertz CT molecular complexity index is 490. The second kappa shape index (κ2) is 5.54. The number of aliphatic hydroxyl groups excluding tert-OH is 1. The van der Waals surface area contributed by atoms with Crippen molar-refractivity contribution in [3.05, 3.63) is 16.1 Å². The number of aliphatic carboxylic acids is 1. The number of amides is 2. The van der Waals surface area contributed by atoms with E-state index < -0.39 is 24.1 Å². The van der Waals surface area contributed by atoms with Crippen molar-refractivity contribution >= 4 is 23.3 Å². The van der Waals surface area contributed by atoms with Gasteiger partial charge in [0.25, 0.3) is 0 Å². The van der Waals surface area contributed by atoms with Crippen molar-refractivity contribution in [2.75, 3.05) is 6.54 Å². The van der Waals surface area contributed by atoms with Crippen molar-refractivity contribution in [1.82, 2.24) is 15.2 Å². The molecule has 2 heterocycles. The molecule has 8 heteroatoms. The summed E-state index contributed by atoms with van der Waals surface area (Å²) in [4.78, 5) is 29.1. The zero-order chi connectivity index (χ0) is 14.0. The van der Waals surface area contributed by atoms with Gasteiger partial charge in [0, 0.05) is 17.8 Å². The van der Waals surface area contributed by atoms with Crippen molar-refractivity contribution in [3.63, 3.8) is 0 Å². The van der Waals surface area contributed by atoms with Crippen LogP contribution in [0.25, 0.3) is 0 Å². The Morgan fingerprint density at radius 3 is 2.95 bits per heavy atom. The highest BCUT2D eigenvalue weighted by molar-refractivity contribution is 7.09. The van der Waals surface area contributed by atoms with Crippen LogP contribution in [0, 0.1) is 6.92 Å². The minimum atomic E-state index is -1.10. The van der Waals surface area contributed by atoms with E-state index in [-0.39, 0.29) is 13.0 Å². The predicted molar refractivity (Wildman–Crippen MR) is 67.8 cm³/mol. The Morgan fingerprint density at radius 1 is 1.63 bits per heavy atom. The summed E-state index contributed by atoms with van der Waals surface area (Å²) in [6.07, 6.45) is -0.709. The average Bonchev–Trinajstić information content (AvgIpc) is 2.92. The minimum absolute atomic E-state index is 0.0461. The van der Waals surface area contributed by atoms with Crippen molar-refractivity contribution in [1.29, 1.82) is 0 Å². The summed E-state index contributed by atoms with van der Waals surface area (Å²) in [5.41, 5.74) is 2.54. The van der Waals surface area contributed by atoms with Crippen LogP contribution in [0.15, 0.2) is 5.51 Å². The summed E-state index contributed by atoms with van der Waals surface area (Å²) in [6.45, 7) is 2.20. The molecule has 1 aromatic heterocycles. The smallest absolute Gasteiger partial charge is 0.326 e. The second-order valence-electron chi connectivity index (χ2n) is 4.42. The number of aromatic nitrogens is 1. The van der Waals surface area contributed by atoms with E-state index in [2.05, 4.69) is 10.3 Å². The summed E-state index contributed by atoms with van der Waals surface area (Å²) in [6, 6.07) is -1.44. The first-order valence-corrected chi connectivity index (χ1v) is 6.71. The molecule has 3 N–H and O–H groups in total. The summed E-state index contributed by atoms with van der Waals surface area (Å²) in [5, 5.41) is 21.1. The van der Waals surface area contributed by atoms with Gasteiger partial charge < -0.3 is 20.4 Å². The molecule has 1 fully saturated rings. The van der Waals surface area contributed by atoms with Crippen LogP contribution in [0.4, 0.5) is 4.79 Å². The fourth-order valence-corrected chi connectivity index (χ4v) is 2.74. The van der Waals surface area contributed by atoms with Crippen LogP contribution < -0.4 is 5.32 Å². The molecule has 1 aliphatic heterocycles. The van der Waals surface area contributed by atoms with E-state index in [9.17, 15) is 14.7 Å². The molecule has 104 valence electrons. The molecule has 0 spiro atoms. The highest BCUT2D eigenvalue weighted by atomic mass is 32.1. The van der Waals surface area contributed by atoms with E-state index in [0.717, 1.165) is 15.5 Å². The molecular weight excluding hydrogens is 270 g/mol. The fraction of sp³-hybridized carbons (Fsp3) is 0.545. The largest absolute Gasteiger partial charge is 0.480 e.